The Hall–Kier alpha value is -8.30. The summed E-state index contributed by atoms with van der Waals surface area (Å²) < 4.78 is 66.5. The monoisotopic (exact) mass is 1510 g/mol. The van der Waals surface area contributed by atoms with Crippen molar-refractivity contribution in [3.63, 3.8) is 0 Å². The van der Waals surface area contributed by atoms with E-state index in [1.165, 1.54) is 50.6 Å². The first-order valence-corrected chi connectivity index (χ1v) is 36.9. The fourth-order valence-corrected chi connectivity index (χ4v) is 10.9. The van der Waals surface area contributed by atoms with E-state index in [-0.39, 0.29) is 86.8 Å². The SMILES string of the molecule is CCCCOC[C@@H]1C=C[C@H](n2cc(C)c(=O)[nH]c2=O)O1.Cc1cn([C@H]2C=C[C@@H](COC(C)(C)C)O2)c(=O)[nH]c1=O.Cc1cn([C@H]2C=C[C@@H](COC(C)(C)C)O2)c(=O)n(C(C)(C)C)c1=O.Cc1cn([C@H]2C=C[C@@H](COCC(C)C)O2)c(=O)[nH]c1=O.Cc1cn([C@H]2C=C[C@@H](COCC(C)C)O2)c(=O)n(CC(C)C)c1=O. The summed E-state index contributed by atoms with van der Waals surface area (Å²) in [6.45, 7) is 44.9. The van der Waals surface area contributed by atoms with E-state index >= 15 is 0 Å². The molecule has 0 aromatic carbocycles. The molecule has 0 aliphatic carbocycles. The van der Waals surface area contributed by atoms with Crippen LogP contribution in [-0.2, 0) is 59.5 Å². The van der Waals surface area contributed by atoms with Crippen molar-refractivity contribution in [1.29, 1.82) is 0 Å². The van der Waals surface area contributed by atoms with Gasteiger partial charge in [-0.2, -0.15) is 0 Å². The smallest absolute Gasteiger partial charge is 0.333 e. The van der Waals surface area contributed by atoms with E-state index in [9.17, 15) is 47.9 Å². The quantitative estimate of drug-likeness (QED) is 0.0394. The van der Waals surface area contributed by atoms with Gasteiger partial charge in [-0.3, -0.25) is 70.9 Å². The van der Waals surface area contributed by atoms with Gasteiger partial charge in [-0.15, -0.1) is 0 Å². The summed E-state index contributed by atoms with van der Waals surface area (Å²) in [5, 5.41) is 0. The van der Waals surface area contributed by atoms with Gasteiger partial charge >= 0.3 is 28.4 Å². The molecular weight excluding hydrogens is 1400 g/mol. The van der Waals surface area contributed by atoms with Crippen LogP contribution in [0.5, 0.6) is 0 Å². The molecule has 10 rings (SSSR count). The predicted octanol–water partition coefficient (Wildman–Crippen LogP) is 7.64. The molecule has 5 aliphatic heterocycles. The topological polar surface area (TPSA) is 345 Å². The maximum Gasteiger partial charge on any atom is 0.333 e. The molecule has 30 heteroatoms. The van der Waals surface area contributed by atoms with Gasteiger partial charge in [0.25, 0.3) is 27.8 Å². The summed E-state index contributed by atoms with van der Waals surface area (Å²) in [6.07, 6.45) is 24.8. The van der Waals surface area contributed by atoms with E-state index < -0.39 is 53.7 Å². The molecule has 0 saturated carbocycles. The number of ether oxygens (including phenoxy) is 10. The zero-order valence-corrected chi connectivity index (χ0v) is 66.7. The molecule has 0 radical (unpaired) electrons. The molecule has 10 heterocycles. The molecule has 598 valence electrons. The van der Waals surface area contributed by atoms with Gasteiger partial charge in [0.15, 0.2) is 31.1 Å². The van der Waals surface area contributed by atoms with Gasteiger partial charge in [-0.25, -0.2) is 24.0 Å². The number of aryl methyl sites for hydroxylation is 5. The predicted molar refractivity (Wildman–Crippen MR) is 411 cm³/mol. The number of hydrogen-bond acceptors (Lipinski definition) is 20. The first kappa shape index (κ1) is 88.6. The molecule has 3 N–H and O–H groups in total. The number of nitrogens with zero attached hydrogens (tertiary/aromatic N) is 7. The summed E-state index contributed by atoms with van der Waals surface area (Å²) in [5.74, 6) is 1.15. The Balaban J connectivity index is 0.000000212. The van der Waals surface area contributed by atoms with Gasteiger partial charge in [0.05, 0.1) is 44.2 Å². The standard InChI is InChI=1S/2C18H28N2O4.3C14H20N2O4/c1-12-10-19(16(22)20(15(12)21)17(2,3)4)14-9-8-13(24-14)11-23-18(5,6)7;1-12(2)8-20-17(21)14(5)9-19(18(20)22)16-7-6-15(24-16)11-23-10-13(3)4;1-9-7-16(13(18)15-12(9)17)11-6-5-10(20-11)8-19-14(2,3)4;1-9(2)7-19-8-11-4-5-12(20-11)16-6-10(3)13(17)15-14(16)18;1-3-4-7-19-9-11-5-6-12(20-11)16-8-10(2)13(17)15-14(16)18/h8-10,13-14H,11H2,1-7H3;6-7,9,12-13,15-16H,8,10-11H2,1-5H3;5-7,10-11H,8H2,1-4H3,(H,15,17,18);4-6,9,11-12H,7-8H2,1-3H3,(H,15,17,18);5-6,8,11-12H,3-4,7,9H2,1-2H3,(H,15,17,18)/t13-,14+;15-,16+;10-,11+;2*11-,12+/m00000/s1. The van der Waals surface area contributed by atoms with Crippen LogP contribution < -0.4 is 56.2 Å². The van der Waals surface area contributed by atoms with Crippen molar-refractivity contribution in [2.24, 2.45) is 17.8 Å². The summed E-state index contributed by atoms with van der Waals surface area (Å²) in [5.41, 5.74) is -2.36. The fourth-order valence-electron chi connectivity index (χ4n) is 10.9. The van der Waals surface area contributed by atoms with E-state index in [0.29, 0.717) is 99.1 Å². The average molecular weight is 1510 g/mol. The fraction of sp³-hybridized carbons (Fsp3) is 0.615. The molecule has 0 bridgehead atoms. The van der Waals surface area contributed by atoms with Crippen molar-refractivity contribution >= 4 is 0 Å². The molecule has 0 spiro atoms. The van der Waals surface area contributed by atoms with Crippen LogP contribution in [0.25, 0.3) is 0 Å². The molecule has 5 aromatic rings. The van der Waals surface area contributed by atoms with Crippen LogP contribution in [0.1, 0.15) is 183 Å². The maximum atomic E-state index is 12.8. The summed E-state index contributed by atoms with van der Waals surface area (Å²) in [4.78, 5) is 126. The Morgan fingerprint density at radius 2 is 0.694 bits per heavy atom. The number of rotatable bonds is 24. The lowest BCUT2D eigenvalue weighted by molar-refractivity contribution is -0.0755. The highest BCUT2D eigenvalue weighted by Gasteiger charge is 2.30. The van der Waals surface area contributed by atoms with E-state index in [4.69, 9.17) is 47.4 Å². The number of unbranched alkanes of at least 4 members (excludes halogenated alkanes) is 1. The second-order valence-electron chi connectivity index (χ2n) is 31.4. The largest absolute Gasteiger partial charge is 0.378 e. The molecule has 0 amide bonds. The Morgan fingerprint density at radius 1 is 0.389 bits per heavy atom. The lowest BCUT2D eigenvalue weighted by Gasteiger charge is -2.25. The molecule has 0 fully saturated rings. The third kappa shape index (κ3) is 26.8. The lowest BCUT2D eigenvalue weighted by atomic mass is 10.1. The first-order valence-electron chi connectivity index (χ1n) is 36.9. The van der Waals surface area contributed by atoms with Crippen molar-refractivity contribution in [2.75, 3.05) is 52.9 Å². The van der Waals surface area contributed by atoms with E-state index in [0.717, 1.165) is 12.8 Å². The molecule has 30 nitrogen and oxygen atoms in total. The number of H-pyrrole nitrogens is 3. The number of nitrogens with one attached hydrogen (secondary N) is 3. The second kappa shape index (κ2) is 39.9. The minimum Gasteiger partial charge on any atom is -0.378 e. The molecule has 10 atom stereocenters. The minimum atomic E-state index is -0.598. The molecular formula is C78H116N10O20. The van der Waals surface area contributed by atoms with Crippen LogP contribution in [0.2, 0.25) is 0 Å². The number of aromatic nitrogens is 10. The van der Waals surface area contributed by atoms with E-state index in [1.807, 2.05) is 119 Å². The van der Waals surface area contributed by atoms with E-state index in [1.54, 1.807) is 65.2 Å². The van der Waals surface area contributed by atoms with Crippen LogP contribution in [0.15, 0.2) is 140 Å². The van der Waals surface area contributed by atoms with Gasteiger partial charge in [0.1, 0.15) is 30.5 Å². The second-order valence-corrected chi connectivity index (χ2v) is 31.4. The van der Waals surface area contributed by atoms with Gasteiger partial charge in [0, 0.05) is 90.7 Å². The van der Waals surface area contributed by atoms with Crippen LogP contribution in [-0.4, -0.2) is 141 Å². The van der Waals surface area contributed by atoms with Gasteiger partial charge < -0.3 is 47.4 Å². The van der Waals surface area contributed by atoms with Crippen LogP contribution in [0.4, 0.5) is 0 Å². The van der Waals surface area contributed by atoms with Gasteiger partial charge in [0.2, 0.25) is 0 Å². The zero-order chi connectivity index (χ0) is 80.3. The Bertz CT molecular complexity index is 4590. The third-order valence-corrected chi connectivity index (χ3v) is 16.5. The zero-order valence-electron chi connectivity index (χ0n) is 66.7. The number of aromatic amines is 3. The first-order chi connectivity index (χ1) is 50.5. The highest BCUT2D eigenvalue weighted by molar-refractivity contribution is 5.13. The molecule has 0 saturated heterocycles. The van der Waals surface area contributed by atoms with E-state index in [2.05, 4.69) is 49.6 Å². The summed E-state index contributed by atoms with van der Waals surface area (Å²) in [6, 6.07) is 0. The van der Waals surface area contributed by atoms with Crippen molar-refractivity contribution in [3.8, 4) is 0 Å². The average Bonchev–Trinajstić information content (AvgIpc) is 1.15. The van der Waals surface area contributed by atoms with Gasteiger partial charge in [-0.1, -0.05) is 85.3 Å². The number of hydrogen-bond donors (Lipinski definition) is 3. The Labute approximate surface area is 629 Å². The Kier molecular flexibility index (Phi) is 32.7. The van der Waals surface area contributed by atoms with Crippen LogP contribution in [0.3, 0.4) is 0 Å². The van der Waals surface area contributed by atoms with Crippen molar-refractivity contribution in [1.82, 2.24) is 46.9 Å². The van der Waals surface area contributed by atoms with Crippen LogP contribution >= 0.6 is 0 Å². The van der Waals surface area contributed by atoms with Crippen molar-refractivity contribution < 1.29 is 47.4 Å². The lowest BCUT2D eigenvalue weighted by Crippen LogP contribution is -2.49. The highest BCUT2D eigenvalue weighted by atomic mass is 16.6. The molecule has 5 aliphatic rings. The minimum absolute atomic E-state index is 0.156. The highest BCUT2D eigenvalue weighted by Crippen LogP contribution is 2.26. The van der Waals surface area contributed by atoms with Gasteiger partial charge in [-0.05, 0) is 151 Å². The summed E-state index contributed by atoms with van der Waals surface area (Å²) >= 11 is 0. The molecule has 5 aromatic heterocycles. The normalized spacial score (nSPS) is 21.5. The van der Waals surface area contributed by atoms with Crippen LogP contribution in [0, 0.1) is 52.4 Å². The summed E-state index contributed by atoms with van der Waals surface area (Å²) in [7, 11) is 0. The molecule has 108 heavy (non-hydrogen) atoms. The maximum absolute atomic E-state index is 12.8. The van der Waals surface area contributed by atoms with Crippen molar-refractivity contribution in [3.05, 3.63) is 224 Å². The Morgan fingerprint density at radius 3 is 1.01 bits per heavy atom. The van der Waals surface area contributed by atoms with Crippen molar-refractivity contribution in [2.45, 2.75) is 243 Å². The third-order valence-electron chi connectivity index (χ3n) is 16.5. The molecule has 0 unspecified atom stereocenters.